The normalized spacial score (nSPS) is 11.8. The Morgan fingerprint density at radius 2 is 1.50 bits per heavy atom. The van der Waals surface area contributed by atoms with Crippen LogP contribution < -0.4 is 5.32 Å². The first-order valence-corrected chi connectivity index (χ1v) is 6.73. The maximum absolute atomic E-state index is 13.3. The lowest BCUT2D eigenvalue weighted by Gasteiger charge is -2.19. The molecule has 0 aliphatic rings. The van der Waals surface area contributed by atoms with Gasteiger partial charge in [0.1, 0.15) is 5.56 Å². The molecule has 0 atom stereocenters. The molecule has 1 rings (SSSR count). The molecule has 124 valence electrons. The average Bonchev–Trinajstić information content (AvgIpc) is 2.48. The van der Waals surface area contributed by atoms with Crippen LogP contribution in [-0.2, 0) is 4.43 Å². The first kappa shape index (κ1) is 18.5. The van der Waals surface area contributed by atoms with Gasteiger partial charge < -0.3 is 20.0 Å². The lowest BCUT2D eigenvalue weighted by Crippen LogP contribution is -2.33. The van der Waals surface area contributed by atoms with Gasteiger partial charge in [0.25, 0.3) is 11.9 Å². The average molecular weight is 345 g/mol. The summed E-state index contributed by atoms with van der Waals surface area (Å²) in [6.45, 7) is -0.299. The van der Waals surface area contributed by atoms with Crippen LogP contribution in [0.15, 0.2) is 0 Å². The van der Waals surface area contributed by atoms with Gasteiger partial charge in [-0.25, -0.2) is 22.0 Å². The van der Waals surface area contributed by atoms with Crippen LogP contribution in [0.3, 0.4) is 0 Å². The first-order chi connectivity index (χ1) is 10.1. The number of aliphatic hydroxyl groups is 2. The Bertz CT molecular complexity index is 555. The molecule has 0 saturated carbocycles. The lowest BCUT2D eigenvalue weighted by atomic mass is 10.1. The molecule has 0 aromatic heterocycles. The number of halogens is 5. The highest BCUT2D eigenvalue weighted by atomic mass is 28.2. The van der Waals surface area contributed by atoms with Crippen molar-refractivity contribution in [1.82, 2.24) is 5.32 Å². The highest BCUT2D eigenvalue weighted by molar-refractivity contribution is 5.98. The van der Waals surface area contributed by atoms with E-state index in [0.717, 1.165) is 0 Å². The quantitative estimate of drug-likeness (QED) is 0.167. The third-order valence-electron chi connectivity index (χ3n) is 2.73. The summed E-state index contributed by atoms with van der Waals surface area (Å²) in [7, 11) is 0.0313. The molecular weight excluding hydrogens is 333 g/mol. The summed E-state index contributed by atoms with van der Waals surface area (Å²) in [5.41, 5.74) is -1.60. The fraction of sp³-hybridized carbons (Fsp3) is 0.364. The summed E-state index contributed by atoms with van der Waals surface area (Å²) in [4.78, 5) is 11.5. The fourth-order valence-electron chi connectivity index (χ4n) is 1.52. The Morgan fingerprint density at radius 3 is 1.95 bits per heavy atom. The largest absolute Gasteiger partial charge is 0.381 e. The monoisotopic (exact) mass is 345 g/mol. The standard InChI is InChI=1S/C11H12F5NO4Si/c12-5-4(6(13)8(15)9(16)7(5)14)10(18)17-3-1-2-11(19,20)21-22/h19-20H,1-3H2,22H3,(H,17,18). The molecule has 0 aliphatic carbocycles. The molecular formula is C11H12F5NO4Si. The molecule has 1 amide bonds. The van der Waals surface area contributed by atoms with E-state index in [1.165, 1.54) is 0 Å². The predicted octanol–water partition coefficient (Wildman–Crippen LogP) is -0.173. The molecule has 0 bridgehead atoms. The van der Waals surface area contributed by atoms with Gasteiger partial charge in [0.2, 0.25) is 5.82 Å². The Kier molecular flexibility index (Phi) is 5.99. The highest BCUT2D eigenvalue weighted by Crippen LogP contribution is 2.22. The van der Waals surface area contributed by atoms with Crippen LogP contribution in [0.25, 0.3) is 0 Å². The maximum Gasteiger partial charge on any atom is 0.267 e. The molecule has 0 heterocycles. The van der Waals surface area contributed by atoms with E-state index < -0.39 is 46.5 Å². The van der Waals surface area contributed by atoms with Crippen molar-refractivity contribution in [3.63, 3.8) is 0 Å². The summed E-state index contributed by atoms with van der Waals surface area (Å²) in [5, 5.41) is 20.1. The SMILES string of the molecule is O=C(NCCCC(O)(O)O[SiH3])c1c(F)c(F)c(F)c(F)c1F. The molecule has 1 aromatic carbocycles. The van der Waals surface area contributed by atoms with E-state index in [-0.39, 0.29) is 29.9 Å². The van der Waals surface area contributed by atoms with E-state index in [0.29, 0.717) is 0 Å². The molecule has 0 radical (unpaired) electrons. The second-order valence-electron chi connectivity index (χ2n) is 4.25. The first-order valence-electron chi connectivity index (χ1n) is 5.92. The summed E-state index contributed by atoms with van der Waals surface area (Å²) in [6, 6.07) is 0. The van der Waals surface area contributed by atoms with Gasteiger partial charge in [-0.2, -0.15) is 0 Å². The Morgan fingerprint density at radius 1 is 1.05 bits per heavy atom. The van der Waals surface area contributed by atoms with E-state index in [2.05, 4.69) is 4.43 Å². The molecule has 3 N–H and O–H groups in total. The minimum absolute atomic E-state index is 0.0313. The van der Waals surface area contributed by atoms with Crippen molar-refractivity contribution < 1.29 is 41.4 Å². The molecule has 11 heteroatoms. The van der Waals surface area contributed by atoms with Crippen molar-refractivity contribution in [1.29, 1.82) is 0 Å². The number of hydrogen-bond acceptors (Lipinski definition) is 4. The van der Waals surface area contributed by atoms with Gasteiger partial charge in [-0.05, 0) is 6.42 Å². The van der Waals surface area contributed by atoms with Gasteiger partial charge in [0, 0.05) is 13.0 Å². The number of carbonyl (C=O) groups excluding carboxylic acids is 1. The van der Waals surface area contributed by atoms with Crippen molar-refractivity contribution in [2.45, 2.75) is 18.8 Å². The minimum atomic E-state index is -2.39. The van der Waals surface area contributed by atoms with Gasteiger partial charge in [-0.3, -0.25) is 4.79 Å². The predicted molar refractivity (Wildman–Crippen MR) is 66.0 cm³/mol. The highest BCUT2D eigenvalue weighted by Gasteiger charge is 2.29. The molecule has 1 aromatic rings. The number of rotatable bonds is 6. The number of amides is 1. The van der Waals surface area contributed by atoms with Crippen molar-refractivity contribution in [2.75, 3.05) is 6.54 Å². The number of benzene rings is 1. The van der Waals surface area contributed by atoms with Gasteiger partial charge in [-0.1, -0.05) is 0 Å². The molecule has 0 aliphatic heterocycles. The summed E-state index contributed by atoms with van der Waals surface area (Å²) >= 11 is 0. The summed E-state index contributed by atoms with van der Waals surface area (Å²) in [5.74, 6) is -15.2. The maximum atomic E-state index is 13.3. The van der Waals surface area contributed by atoms with Crippen LogP contribution >= 0.6 is 0 Å². The van der Waals surface area contributed by atoms with E-state index >= 15 is 0 Å². The number of nitrogens with one attached hydrogen (secondary N) is 1. The molecule has 0 saturated heterocycles. The summed E-state index contributed by atoms with van der Waals surface area (Å²) in [6.07, 6.45) is -0.399. The zero-order chi connectivity index (χ0) is 17.1. The Balaban J connectivity index is 2.79. The van der Waals surface area contributed by atoms with E-state index in [9.17, 15) is 26.7 Å². The van der Waals surface area contributed by atoms with E-state index in [4.69, 9.17) is 10.2 Å². The summed E-state index contributed by atoms with van der Waals surface area (Å²) < 4.78 is 69.7. The number of carbonyl (C=O) groups is 1. The molecule has 5 nitrogen and oxygen atoms in total. The Labute approximate surface area is 124 Å². The molecule has 0 unspecified atom stereocenters. The molecule has 0 fully saturated rings. The third kappa shape index (κ3) is 4.00. The fourth-order valence-corrected chi connectivity index (χ4v) is 1.72. The van der Waals surface area contributed by atoms with Gasteiger partial charge in [0.15, 0.2) is 33.8 Å². The third-order valence-corrected chi connectivity index (χ3v) is 3.38. The topological polar surface area (TPSA) is 78.8 Å². The van der Waals surface area contributed by atoms with Gasteiger partial charge in [0.05, 0.1) is 0 Å². The van der Waals surface area contributed by atoms with Crippen molar-refractivity contribution in [3.05, 3.63) is 34.6 Å². The van der Waals surface area contributed by atoms with Gasteiger partial charge in [-0.15, -0.1) is 0 Å². The number of hydrogen-bond donors (Lipinski definition) is 3. The molecule has 22 heavy (non-hydrogen) atoms. The molecule has 0 spiro atoms. The van der Waals surface area contributed by atoms with Crippen LogP contribution in [0.4, 0.5) is 22.0 Å². The second kappa shape index (κ2) is 7.13. The van der Waals surface area contributed by atoms with Crippen molar-refractivity contribution in [3.8, 4) is 0 Å². The van der Waals surface area contributed by atoms with Crippen LogP contribution in [0.5, 0.6) is 0 Å². The van der Waals surface area contributed by atoms with Crippen molar-refractivity contribution >= 4 is 16.4 Å². The second-order valence-corrected chi connectivity index (χ2v) is 4.66. The Hall–Kier alpha value is -1.56. The van der Waals surface area contributed by atoms with Crippen LogP contribution in [0.2, 0.25) is 0 Å². The van der Waals surface area contributed by atoms with Crippen molar-refractivity contribution in [2.24, 2.45) is 0 Å². The van der Waals surface area contributed by atoms with E-state index in [1.807, 2.05) is 5.32 Å². The van der Waals surface area contributed by atoms with Crippen LogP contribution in [0, 0.1) is 29.1 Å². The zero-order valence-electron chi connectivity index (χ0n) is 11.2. The van der Waals surface area contributed by atoms with Crippen LogP contribution in [0.1, 0.15) is 23.2 Å². The minimum Gasteiger partial charge on any atom is -0.381 e. The van der Waals surface area contributed by atoms with Crippen LogP contribution in [-0.4, -0.2) is 39.1 Å². The zero-order valence-corrected chi connectivity index (χ0v) is 13.2. The van der Waals surface area contributed by atoms with E-state index in [1.54, 1.807) is 0 Å². The smallest absolute Gasteiger partial charge is 0.267 e. The van der Waals surface area contributed by atoms with Gasteiger partial charge >= 0.3 is 0 Å². The lowest BCUT2D eigenvalue weighted by molar-refractivity contribution is -0.295.